The van der Waals surface area contributed by atoms with Gasteiger partial charge in [0.15, 0.2) is 5.65 Å². The van der Waals surface area contributed by atoms with Crippen LogP contribution >= 0.6 is 0 Å². The molecule has 1 aliphatic rings. The Labute approximate surface area is 181 Å². The van der Waals surface area contributed by atoms with Crippen LogP contribution in [-0.2, 0) is 15.7 Å². The zero-order valence-corrected chi connectivity index (χ0v) is 17.4. The maximum Gasteiger partial charge on any atom is 0.453 e. The molecule has 1 aromatic carbocycles. The number of ether oxygens (including phenoxy) is 2. The largest absolute Gasteiger partial charge is 0.490 e. The van der Waals surface area contributed by atoms with Gasteiger partial charge in [-0.15, -0.1) is 15.3 Å². The van der Waals surface area contributed by atoms with Gasteiger partial charge in [0.2, 0.25) is 0 Å². The highest BCUT2D eigenvalue weighted by Crippen LogP contribution is 2.29. The van der Waals surface area contributed by atoms with E-state index in [0.717, 1.165) is 11.3 Å². The van der Waals surface area contributed by atoms with Gasteiger partial charge in [0.25, 0.3) is 5.82 Å². The zero-order chi connectivity index (χ0) is 22.7. The van der Waals surface area contributed by atoms with Crippen LogP contribution in [-0.4, -0.2) is 52.1 Å². The van der Waals surface area contributed by atoms with Crippen LogP contribution in [0.15, 0.2) is 36.4 Å². The second-order valence-electron chi connectivity index (χ2n) is 7.53. The molecule has 0 aliphatic carbocycles. The molecule has 3 aromatic rings. The molecular weight excluding hydrogens is 427 g/mol. The number of piperidine rings is 1. The van der Waals surface area contributed by atoms with Gasteiger partial charge < -0.3 is 14.4 Å². The van der Waals surface area contributed by atoms with Crippen LogP contribution in [0.5, 0.6) is 5.75 Å². The van der Waals surface area contributed by atoms with Crippen molar-refractivity contribution in [3.8, 4) is 5.75 Å². The summed E-state index contributed by atoms with van der Waals surface area (Å²) in [6.45, 7) is 3.30. The van der Waals surface area contributed by atoms with Gasteiger partial charge in [-0.1, -0.05) is 18.2 Å². The number of anilines is 1. The molecule has 4 rings (SSSR count). The molecule has 0 unspecified atom stereocenters. The summed E-state index contributed by atoms with van der Waals surface area (Å²) >= 11 is 0. The lowest BCUT2D eigenvalue weighted by Crippen LogP contribution is -2.38. The van der Waals surface area contributed by atoms with E-state index < -0.39 is 12.0 Å². The fourth-order valence-electron chi connectivity index (χ4n) is 3.60. The number of esters is 1. The normalized spacial score (nSPS) is 15.2. The van der Waals surface area contributed by atoms with E-state index in [1.807, 2.05) is 36.1 Å². The highest BCUT2D eigenvalue weighted by atomic mass is 19.4. The predicted octanol–water partition coefficient (Wildman–Crippen LogP) is 3.29. The number of hydrogen-bond acceptors (Lipinski definition) is 7. The van der Waals surface area contributed by atoms with Crippen LogP contribution in [0, 0.1) is 12.8 Å². The molecule has 2 aromatic heterocycles. The number of hydrogen-bond donors (Lipinski definition) is 0. The molecule has 3 heterocycles. The van der Waals surface area contributed by atoms with Crippen molar-refractivity contribution >= 4 is 17.4 Å². The van der Waals surface area contributed by atoms with Crippen molar-refractivity contribution in [3.05, 3.63) is 47.8 Å². The zero-order valence-electron chi connectivity index (χ0n) is 17.4. The molecule has 1 saturated heterocycles. The van der Waals surface area contributed by atoms with Crippen molar-refractivity contribution < 1.29 is 27.4 Å². The molecule has 0 amide bonds. The molecule has 0 spiro atoms. The van der Waals surface area contributed by atoms with E-state index in [2.05, 4.69) is 15.3 Å². The molecule has 170 valence electrons. The van der Waals surface area contributed by atoms with Crippen LogP contribution in [0.25, 0.3) is 5.65 Å². The summed E-state index contributed by atoms with van der Waals surface area (Å²) in [6, 6.07) is 10.6. The third-order valence-corrected chi connectivity index (χ3v) is 5.33. The fraction of sp³-hybridized carbons (Fsp3) is 0.429. The fourth-order valence-corrected chi connectivity index (χ4v) is 3.60. The number of halogens is 3. The van der Waals surface area contributed by atoms with Crippen LogP contribution in [0.1, 0.15) is 24.2 Å². The lowest BCUT2D eigenvalue weighted by atomic mass is 9.97. The second kappa shape index (κ2) is 9.01. The SMILES string of the molecule is Cc1ccccc1OCCOC(=O)C1CCN(c2ccc3nnc(C(F)(F)F)n3n2)CC1. The van der Waals surface area contributed by atoms with Crippen molar-refractivity contribution in [1.82, 2.24) is 19.8 Å². The Morgan fingerprint density at radius 1 is 1.09 bits per heavy atom. The van der Waals surface area contributed by atoms with Gasteiger partial charge in [-0.2, -0.15) is 17.7 Å². The van der Waals surface area contributed by atoms with Crippen molar-refractivity contribution in [1.29, 1.82) is 0 Å². The summed E-state index contributed by atoms with van der Waals surface area (Å²) in [5, 5.41) is 10.7. The van der Waals surface area contributed by atoms with Crippen LogP contribution in [0.2, 0.25) is 0 Å². The van der Waals surface area contributed by atoms with Gasteiger partial charge in [0, 0.05) is 13.1 Å². The number of aromatic nitrogens is 4. The standard InChI is InChI=1S/C21H22F3N5O3/c1-14-4-2-3-5-16(14)31-12-13-32-19(30)15-8-10-28(11-9-15)18-7-6-17-25-26-20(21(22,23)24)29(17)27-18/h2-7,15H,8-13H2,1H3. The number of benzene rings is 1. The first kappa shape index (κ1) is 21.8. The Morgan fingerprint density at radius 2 is 1.84 bits per heavy atom. The first-order valence-electron chi connectivity index (χ1n) is 10.2. The summed E-state index contributed by atoms with van der Waals surface area (Å²) in [6.07, 6.45) is -3.61. The van der Waals surface area contributed by atoms with Crippen molar-refractivity contribution in [2.45, 2.75) is 25.9 Å². The molecule has 0 N–H and O–H groups in total. The summed E-state index contributed by atoms with van der Waals surface area (Å²) in [5.41, 5.74) is 1.03. The van der Waals surface area contributed by atoms with Crippen LogP contribution < -0.4 is 9.64 Å². The Morgan fingerprint density at radius 3 is 2.56 bits per heavy atom. The van der Waals surface area contributed by atoms with Gasteiger partial charge in [0.05, 0.1) is 5.92 Å². The summed E-state index contributed by atoms with van der Waals surface area (Å²) in [5.74, 6) is -0.598. The van der Waals surface area contributed by atoms with E-state index in [0.29, 0.717) is 36.3 Å². The third kappa shape index (κ3) is 4.76. The number of rotatable bonds is 6. The number of carbonyl (C=O) groups is 1. The van der Waals surface area contributed by atoms with Crippen molar-refractivity contribution in [3.63, 3.8) is 0 Å². The Kier molecular flexibility index (Phi) is 6.15. The highest BCUT2D eigenvalue weighted by molar-refractivity contribution is 5.72. The Balaban J connectivity index is 1.28. The third-order valence-electron chi connectivity index (χ3n) is 5.33. The first-order valence-corrected chi connectivity index (χ1v) is 10.2. The van der Waals surface area contributed by atoms with Crippen molar-refractivity contribution in [2.75, 3.05) is 31.2 Å². The minimum atomic E-state index is -4.65. The Hall–Kier alpha value is -3.37. The van der Waals surface area contributed by atoms with Crippen molar-refractivity contribution in [2.24, 2.45) is 5.92 Å². The van der Waals surface area contributed by atoms with Gasteiger partial charge in [-0.3, -0.25) is 4.79 Å². The summed E-state index contributed by atoms with van der Waals surface area (Å²) in [4.78, 5) is 14.2. The van der Waals surface area contributed by atoms with E-state index in [1.54, 1.807) is 6.07 Å². The minimum absolute atomic E-state index is 0.0208. The van der Waals surface area contributed by atoms with Gasteiger partial charge in [-0.05, 0) is 43.5 Å². The average Bonchev–Trinajstić information content (AvgIpc) is 3.22. The molecule has 1 aliphatic heterocycles. The monoisotopic (exact) mass is 449 g/mol. The molecule has 0 atom stereocenters. The van der Waals surface area contributed by atoms with E-state index in [9.17, 15) is 18.0 Å². The highest BCUT2D eigenvalue weighted by Gasteiger charge is 2.38. The maximum atomic E-state index is 13.1. The lowest BCUT2D eigenvalue weighted by Gasteiger charge is -2.31. The molecule has 0 saturated carbocycles. The molecule has 8 nitrogen and oxygen atoms in total. The smallest absolute Gasteiger partial charge is 0.453 e. The predicted molar refractivity (Wildman–Crippen MR) is 108 cm³/mol. The minimum Gasteiger partial charge on any atom is -0.490 e. The number of nitrogens with zero attached hydrogens (tertiary/aromatic N) is 5. The number of carbonyl (C=O) groups excluding carboxylic acids is 1. The van der Waals surface area contributed by atoms with Gasteiger partial charge in [-0.25, -0.2) is 0 Å². The van der Waals surface area contributed by atoms with Crippen LogP contribution in [0.3, 0.4) is 0 Å². The maximum absolute atomic E-state index is 13.1. The van der Waals surface area contributed by atoms with Gasteiger partial charge in [0.1, 0.15) is 24.8 Å². The number of aryl methyl sites for hydroxylation is 1. The molecular formula is C21H22F3N5O3. The molecule has 32 heavy (non-hydrogen) atoms. The lowest BCUT2D eigenvalue weighted by molar-refractivity contribution is -0.150. The quantitative estimate of drug-likeness (QED) is 0.422. The molecule has 1 fully saturated rings. The number of fused-ring (bicyclic) bond motifs is 1. The van der Waals surface area contributed by atoms with E-state index in [1.165, 1.54) is 6.07 Å². The van der Waals surface area contributed by atoms with E-state index >= 15 is 0 Å². The molecule has 0 radical (unpaired) electrons. The summed E-state index contributed by atoms with van der Waals surface area (Å²) < 4.78 is 50.9. The van der Waals surface area contributed by atoms with Gasteiger partial charge >= 0.3 is 12.1 Å². The number of alkyl halides is 3. The second-order valence-corrected chi connectivity index (χ2v) is 7.53. The van der Waals surface area contributed by atoms with Crippen LogP contribution in [0.4, 0.5) is 19.0 Å². The summed E-state index contributed by atoms with van der Waals surface area (Å²) in [7, 11) is 0. The Bertz CT molecular complexity index is 1090. The molecule has 11 heteroatoms. The topological polar surface area (TPSA) is 81.9 Å². The first-order chi connectivity index (χ1) is 15.3. The molecule has 0 bridgehead atoms. The average molecular weight is 449 g/mol. The van der Waals surface area contributed by atoms with E-state index in [4.69, 9.17) is 9.47 Å². The van der Waals surface area contributed by atoms with E-state index in [-0.39, 0.29) is 30.7 Å². The number of para-hydroxylation sites is 1.